The van der Waals surface area contributed by atoms with E-state index in [1.807, 2.05) is 25.1 Å². The molecular formula is C15H16N4O2. The minimum atomic E-state index is -0.920. The van der Waals surface area contributed by atoms with Crippen molar-refractivity contribution >= 4 is 16.9 Å². The maximum atomic E-state index is 10.9. The third kappa shape index (κ3) is 2.52. The average Bonchev–Trinajstić information content (AvgIpc) is 2.91. The number of nitrogens with one attached hydrogen (secondary N) is 1. The Balaban J connectivity index is 2.02. The Kier molecular flexibility index (Phi) is 3.21. The Morgan fingerprint density at radius 2 is 2.10 bits per heavy atom. The van der Waals surface area contributed by atoms with Gasteiger partial charge < -0.3 is 10.1 Å². The van der Waals surface area contributed by atoms with Gasteiger partial charge in [-0.25, -0.2) is 9.67 Å². The molecule has 2 aromatic heterocycles. The monoisotopic (exact) mass is 284 g/mol. The fourth-order valence-electron chi connectivity index (χ4n) is 2.61. The quantitative estimate of drug-likeness (QED) is 0.768. The largest absolute Gasteiger partial charge is 0.480 e. The topological polar surface area (TPSA) is 83.8 Å². The highest BCUT2D eigenvalue weighted by Gasteiger charge is 2.15. The number of fused-ring (bicyclic) bond motifs is 1. The molecule has 6 nitrogen and oxygen atoms in total. The Hall–Kier alpha value is -2.63. The molecule has 3 rings (SSSR count). The van der Waals surface area contributed by atoms with Crippen molar-refractivity contribution in [3.63, 3.8) is 0 Å². The van der Waals surface area contributed by atoms with Gasteiger partial charge in [-0.05, 0) is 25.5 Å². The number of carboxylic acids is 1. The zero-order chi connectivity index (χ0) is 15.0. The van der Waals surface area contributed by atoms with Gasteiger partial charge in [-0.3, -0.25) is 4.79 Å². The first-order valence-corrected chi connectivity index (χ1v) is 6.73. The van der Waals surface area contributed by atoms with E-state index in [0.717, 1.165) is 22.2 Å². The molecule has 0 radical (unpaired) electrons. The number of H-pyrrole nitrogens is 1. The molecule has 0 fully saturated rings. The van der Waals surface area contributed by atoms with Gasteiger partial charge in [0, 0.05) is 23.0 Å². The van der Waals surface area contributed by atoms with Crippen LogP contribution < -0.4 is 0 Å². The maximum absolute atomic E-state index is 10.9. The van der Waals surface area contributed by atoms with Gasteiger partial charge in [-0.1, -0.05) is 18.2 Å². The first-order chi connectivity index (χ1) is 10.0. The van der Waals surface area contributed by atoms with Gasteiger partial charge in [0.1, 0.15) is 18.2 Å². The van der Waals surface area contributed by atoms with Crippen LogP contribution in [-0.2, 0) is 17.8 Å². The fourth-order valence-corrected chi connectivity index (χ4v) is 2.61. The van der Waals surface area contributed by atoms with Crippen molar-refractivity contribution in [2.75, 3.05) is 0 Å². The van der Waals surface area contributed by atoms with Crippen molar-refractivity contribution < 1.29 is 9.90 Å². The number of nitrogens with zero attached hydrogens (tertiary/aromatic N) is 3. The third-order valence-corrected chi connectivity index (χ3v) is 3.50. The zero-order valence-electron chi connectivity index (χ0n) is 11.9. The summed E-state index contributed by atoms with van der Waals surface area (Å²) in [5, 5.41) is 14.3. The summed E-state index contributed by atoms with van der Waals surface area (Å²) in [6, 6.07) is 8.06. The van der Waals surface area contributed by atoms with Crippen LogP contribution >= 0.6 is 0 Å². The van der Waals surface area contributed by atoms with E-state index in [2.05, 4.69) is 21.1 Å². The number of para-hydroxylation sites is 1. The molecule has 108 valence electrons. The highest BCUT2D eigenvalue weighted by molar-refractivity contribution is 5.84. The summed E-state index contributed by atoms with van der Waals surface area (Å²) in [5.41, 5.74) is 3.27. The third-order valence-electron chi connectivity index (χ3n) is 3.50. The van der Waals surface area contributed by atoms with Crippen LogP contribution in [0.25, 0.3) is 10.9 Å². The highest BCUT2D eigenvalue weighted by atomic mass is 16.4. The molecule has 0 atom stereocenters. The molecule has 0 spiro atoms. The number of carbonyl (C=O) groups is 1. The second-order valence-corrected chi connectivity index (χ2v) is 5.08. The van der Waals surface area contributed by atoms with Crippen molar-refractivity contribution in [2.24, 2.45) is 0 Å². The Morgan fingerprint density at radius 3 is 2.86 bits per heavy atom. The Labute approximate surface area is 121 Å². The lowest BCUT2D eigenvalue weighted by Gasteiger charge is -2.04. The summed E-state index contributed by atoms with van der Waals surface area (Å²) in [7, 11) is 0. The van der Waals surface area contributed by atoms with E-state index in [0.29, 0.717) is 18.1 Å². The van der Waals surface area contributed by atoms with E-state index < -0.39 is 5.97 Å². The van der Waals surface area contributed by atoms with Gasteiger partial charge in [-0.2, -0.15) is 5.10 Å². The van der Waals surface area contributed by atoms with Crippen LogP contribution in [0.3, 0.4) is 0 Å². The fraction of sp³-hybridized carbons (Fsp3) is 0.267. The standard InChI is InChI=1S/C15H16N4O2/c1-9-12(11-5-3-4-6-13(11)16-9)7-14-17-10(2)18-19(14)8-15(20)21/h3-6,16H,7-8H2,1-2H3,(H,20,21). The normalized spacial score (nSPS) is 11.1. The second-order valence-electron chi connectivity index (χ2n) is 5.08. The SMILES string of the molecule is Cc1nc(Cc2c(C)[nH]c3ccccc23)n(CC(=O)O)n1. The van der Waals surface area contributed by atoms with Crippen LogP contribution in [0.15, 0.2) is 24.3 Å². The first kappa shape index (κ1) is 13.4. The summed E-state index contributed by atoms with van der Waals surface area (Å²) in [6.07, 6.45) is 0.559. The maximum Gasteiger partial charge on any atom is 0.325 e. The molecule has 3 aromatic rings. The lowest BCUT2D eigenvalue weighted by Crippen LogP contribution is -2.14. The van der Waals surface area contributed by atoms with Gasteiger partial charge in [-0.15, -0.1) is 0 Å². The van der Waals surface area contributed by atoms with Crippen LogP contribution in [0.4, 0.5) is 0 Å². The van der Waals surface area contributed by atoms with E-state index in [-0.39, 0.29) is 6.54 Å². The van der Waals surface area contributed by atoms with Crippen molar-refractivity contribution in [2.45, 2.75) is 26.8 Å². The average molecular weight is 284 g/mol. The molecular weight excluding hydrogens is 268 g/mol. The van der Waals surface area contributed by atoms with Gasteiger partial charge in [0.15, 0.2) is 0 Å². The van der Waals surface area contributed by atoms with Crippen LogP contribution in [0, 0.1) is 13.8 Å². The summed E-state index contributed by atoms with van der Waals surface area (Å²) >= 11 is 0. The van der Waals surface area contributed by atoms with Crippen LogP contribution in [0.1, 0.15) is 22.9 Å². The highest BCUT2D eigenvalue weighted by Crippen LogP contribution is 2.24. The van der Waals surface area contributed by atoms with Crippen LogP contribution in [-0.4, -0.2) is 30.8 Å². The minimum Gasteiger partial charge on any atom is -0.480 e. The van der Waals surface area contributed by atoms with Gasteiger partial charge in [0.05, 0.1) is 0 Å². The molecule has 21 heavy (non-hydrogen) atoms. The number of rotatable bonds is 4. The molecule has 0 aliphatic rings. The van der Waals surface area contributed by atoms with Crippen molar-refractivity contribution in [1.29, 1.82) is 0 Å². The molecule has 0 aliphatic heterocycles. The first-order valence-electron chi connectivity index (χ1n) is 6.73. The lowest BCUT2D eigenvalue weighted by molar-refractivity contribution is -0.137. The number of aromatic nitrogens is 4. The molecule has 0 saturated carbocycles. The Bertz CT molecular complexity index is 816. The molecule has 0 bridgehead atoms. The van der Waals surface area contributed by atoms with E-state index in [1.165, 1.54) is 4.68 Å². The number of hydrogen-bond donors (Lipinski definition) is 2. The molecule has 0 unspecified atom stereocenters. The van der Waals surface area contributed by atoms with Gasteiger partial charge in [0.25, 0.3) is 0 Å². The molecule has 0 saturated heterocycles. The number of carboxylic acid groups (broad SMARTS) is 1. The number of aryl methyl sites for hydroxylation is 2. The summed E-state index contributed by atoms with van der Waals surface area (Å²) in [6.45, 7) is 3.61. The summed E-state index contributed by atoms with van der Waals surface area (Å²) < 4.78 is 1.46. The predicted octanol–water partition coefficient (Wildman–Crippen LogP) is 2.05. The molecule has 6 heteroatoms. The van der Waals surface area contributed by atoms with Crippen LogP contribution in [0.5, 0.6) is 0 Å². The molecule has 2 N–H and O–H groups in total. The van der Waals surface area contributed by atoms with E-state index in [4.69, 9.17) is 5.11 Å². The summed E-state index contributed by atoms with van der Waals surface area (Å²) in [5.74, 6) is 0.336. The number of aliphatic carboxylic acids is 1. The smallest absolute Gasteiger partial charge is 0.325 e. The van der Waals surface area contributed by atoms with Crippen molar-refractivity contribution in [1.82, 2.24) is 19.7 Å². The molecule has 0 aliphatic carbocycles. The van der Waals surface area contributed by atoms with Gasteiger partial charge >= 0.3 is 5.97 Å². The second kappa shape index (κ2) is 5.05. The van der Waals surface area contributed by atoms with Crippen molar-refractivity contribution in [3.05, 3.63) is 47.2 Å². The van der Waals surface area contributed by atoms with Crippen molar-refractivity contribution in [3.8, 4) is 0 Å². The van der Waals surface area contributed by atoms with E-state index in [1.54, 1.807) is 6.92 Å². The predicted molar refractivity (Wildman–Crippen MR) is 78.2 cm³/mol. The van der Waals surface area contributed by atoms with Crippen LogP contribution in [0.2, 0.25) is 0 Å². The minimum absolute atomic E-state index is 0.169. The molecule has 0 amide bonds. The van der Waals surface area contributed by atoms with E-state index >= 15 is 0 Å². The summed E-state index contributed by atoms with van der Waals surface area (Å²) in [4.78, 5) is 18.6. The zero-order valence-corrected chi connectivity index (χ0v) is 11.9. The number of aromatic amines is 1. The number of benzene rings is 1. The van der Waals surface area contributed by atoms with E-state index in [9.17, 15) is 4.79 Å². The van der Waals surface area contributed by atoms with Gasteiger partial charge in [0.2, 0.25) is 0 Å². The number of hydrogen-bond acceptors (Lipinski definition) is 3. The Morgan fingerprint density at radius 1 is 1.33 bits per heavy atom. The molecule has 2 heterocycles. The molecule has 1 aromatic carbocycles. The lowest BCUT2D eigenvalue weighted by atomic mass is 10.1.